The fourth-order valence-electron chi connectivity index (χ4n) is 3.91. The summed E-state index contributed by atoms with van der Waals surface area (Å²) in [4.78, 5) is 4.56. The maximum absolute atomic E-state index is 11.8. The lowest BCUT2D eigenvalue weighted by molar-refractivity contribution is 0.382. The molecule has 2 N–H and O–H groups in total. The summed E-state index contributed by atoms with van der Waals surface area (Å²) in [6, 6.07) is 0. The van der Waals surface area contributed by atoms with Crippen LogP contribution in [0.25, 0.3) is 0 Å². The highest BCUT2D eigenvalue weighted by atomic mass is 32.3. The standard InChI is InChI=1S/C18H22N4O6S4/c1-3-21-15-11(7-5-9-13(15)29-17(21)31(23,24)25)19-20-12-8-6-10-14-16(12)22(4-2)18(30-14)32(26,27)28/h5-6,9-10,17-18H,3-4,7-8H2,1-2H3,(H,23,24,25)(H,26,27,28). The van der Waals surface area contributed by atoms with Gasteiger partial charge in [0.15, 0.2) is 0 Å². The Morgan fingerprint density at radius 2 is 1.22 bits per heavy atom. The van der Waals surface area contributed by atoms with E-state index in [0.717, 1.165) is 23.5 Å². The second kappa shape index (κ2) is 8.65. The lowest BCUT2D eigenvalue weighted by Crippen LogP contribution is -2.37. The van der Waals surface area contributed by atoms with Gasteiger partial charge in [-0.15, -0.1) is 0 Å². The van der Waals surface area contributed by atoms with Crippen LogP contribution in [-0.4, -0.2) is 69.7 Å². The Morgan fingerprint density at radius 3 is 1.53 bits per heavy atom. The van der Waals surface area contributed by atoms with E-state index in [-0.39, 0.29) is 0 Å². The van der Waals surface area contributed by atoms with E-state index < -0.39 is 29.6 Å². The summed E-state index contributed by atoms with van der Waals surface area (Å²) in [7, 11) is -8.62. The van der Waals surface area contributed by atoms with E-state index in [1.807, 2.05) is 24.3 Å². The summed E-state index contributed by atoms with van der Waals surface area (Å²) >= 11 is 2.09. The average molecular weight is 519 g/mol. The van der Waals surface area contributed by atoms with Crippen LogP contribution < -0.4 is 0 Å². The SMILES string of the molecule is CCN1C2=C(C=CCC2=NN=C2CC=CC3=C2N(CC)C(S(=O)(=O)O)S3)SC1S(=O)(=O)O. The molecule has 10 nitrogen and oxygen atoms in total. The van der Waals surface area contributed by atoms with Crippen LogP contribution >= 0.6 is 23.5 Å². The van der Waals surface area contributed by atoms with Gasteiger partial charge in [0.25, 0.3) is 20.2 Å². The van der Waals surface area contributed by atoms with Crippen LogP contribution in [0.2, 0.25) is 0 Å². The molecule has 0 aromatic rings. The highest BCUT2D eigenvalue weighted by Crippen LogP contribution is 2.45. The van der Waals surface area contributed by atoms with Gasteiger partial charge in [-0.2, -0.15) is 27.0 Å². The van der Waals surface area contributed by atoms with Gasteiger partial charge in [0.05, 0.1) is 22.8 Å². The summed E-state index contributed by atoms with van der Waals surface area (Å²) in [6.07, 6.45) is 8.21. The Hall–Kier alpha value is -1.58. The van der Waals surface area contributed by atoms with Crippen LogP contribution in [0.3, 0.4) is 0 Å². The zero-order valence-electron chi connectivity index (χ0n) is 17.2. The van der Waals surface area contributed by atoms with Crippen molar-refractivity contribution in [1.82, 2.24) is 9.80 Å². The summed E-state index contributed by atoms with van der Waals surface area (Å²) in [5, 5.41) is 8.86. The molecule has 0 spiro atoms. The molecule has 0 aromatic heterocycles. The molecule has 0 saturated heterocycles. The minimum absolute atomic E-state index is 0.355. The predicted octanol–water partition coefficient (Wildman–Crippen LogP) is 2.61. The molecular formula is C18H22N4O6S4. The Bertz CT molecular complexity index is 1130. The van der Waals surface area contributed by atoms with Crippen LogP contribution in [0, 0.1) is 0 Å². The molecule has 0 bridgehead atoms. The molecule has 174 valence electrons. The molecule has 0 saturated carbocycles. The fourth-order valence-corrected chi connectivity index (χ4v) is 8.89. The summed E-state index contributed by atoms with van der Waals surface area (Å²) < 4.78 is 64.4. The second-order valence-corrected chi connectivity index (χ2v) is 13.0. The fraction of sp³-hybridized carbons (Fsp3) is 0.444. The van der Waals surface area contributed by atoms with Gasteiger partial charge >= 0.3 is 0 Å². The quantitative estimate of drug-likeness (QED) is 0.412. The normalized spacial score (nSPS) is 28.4. The molecule has 32 heavy (non-hydrogen) atoms. The minimum Gasteiger partial charge on any atom is -0.342 e. The number of thioether (sulfide) groups is 2. The van der Waals surface area contributed by atoms with E-state index in [4.69, 9.17) is 0 Å². The molecule has 2 aliphatic carbocycles. The molecule has 2 unspecified atom stereocenters. The maximum atomic E-state index is 11.8. The van der Waals surface area contributed by atoms with Crippen molar-refractivity contribution in [2.45, 2.75) is 36.1 Å². The molecule has 0 aromatic carbocycles. The van der Waals surface area contributed by atoms with E-state index in [1.54, 1.807) is 23.6 Å². The van der Waals surface area contributed by atoms with Crippen LogP contribution in [0.1, 0.15) is 26.7 Å². The van der Waals surface area contributed by atoms with Gasteiger partial charge in [-0.3, -0.25) is 9.11 Å². The molecule has 2 heterocycles. The highest BCUT2D eigenvalue weighted by molar-refractivity contribution is 8.14. The number of rotatable bonds is 5. The summed E-state index contributed by atoms with van der Waals surface area (Å²) in [5.74, 6) is 0. The van der Waals surface area contributed by atoms with E-state index in [9.17, 15) is 25.9 Å². The number of hydrogen-bond donors (Lipinski definition) is 2. The largest absolute Gasteiger partial charge is 0.342 e. The van der Waals surface area contributed by atoms with Crippen molar-refractivity contribution in [1.29, 1.82) is 0 Å². The molecular weight excluding hydrogens is 496 g/mol. The van der Waals surface area contributed by atoms with Crippen molar-refractivity contribution in [3.8, 4) is 0 Å². The summed E-state index contributed by atoms with van der Waals surface area (Å²) in [6.45, 7) is 4.30. The Labute approximate surface area is 195 Å². The Balaban J connectivity index is 1.70. The molecule has 4 rings (SSSR count). The third kappa shape index (κ3) is 4.19. The lowest BCUT2D eigenvalue weighted by Gasteiger charge is -2.27. The van der Waals surface area contributed by atoms with Gasteiger partial charge in [-0.25, -0.2) is 0 Å². The minimum atomic E-state index is -4.31. The first-order chi connectivity index (χ1) is 15.1. The smallest absolute Gasteiger partial charge is 0.296 e. The molecule has 14 heteroatoms. The molecule has 0 fully saturated rings. The van der Waals surface area contributed by atoms with Gasteiger partial charge < -0.3 is 9.80 Å². The number of nitrogens with zero attached hydrogens (tertiary/aromatic N) is 4. The average Bonchev–Trinajstić information content (AvgIpc) is 3.30. The highest BCUT2D eigenvalue weighted by Gasteiger charge is 2.43. The van der Waals surface area contributed by atoms with Crippen molar-refractivity contribution < 1.29 is 25.9 Å². The zero-order valence-corrected chi connectivity index (χ0v) is 20.5. The van der Waals surface area contributed by atoms with Crippen molar-refractivity contribution in [3.05, 3.63) is 45.5 Å². The van der Waals surface area contributed by atoms with E-state index in [0.29, 0.717) is 58.6 Å². The topological polar surface area (TPSA) is 140 Å². The van der Waals surface area contributed by atoms with Crippen molar-refractivity contribution >= 4 is 55.2 Å². The van der Waals surface area contributed by atoms with E-state index in [1.165, 1.54) is 0 Å². The Morgan fingerprint density at radius 1 is 0.844 bits per heavy atom. The van der Waals surface area contributed by atoms with Crippen LogP contribution in [0.15, 0.2) is 55.7 Å². The van der Waals surface area contributed by atoms with Crippen LogP contribution in [0.4, 0.5) is 0 Å². The summed E-state index contributed by atoms with van der Waals surface area (Å²) in [5.41, 5.74) is 2.37. The van der Waals surface area contributed by atoms with Gasteiger partial charge in [0.1, 0.15) is 0 Å². The predicted molar refractivity (Wildman–Crippen MR) is 127 cm³/mol. The Kier molecular flexibility index (Phi) is 6.37. The van der Waals surface area contributed by atoms with Gasteiger partial charge in [0.2, 0.25) is 9.41 Å². The van der Waals surface area contributed by atoms with Crippen molar-refractivity contribution in [2.75, 3.05) is 13.1 Å². The maximum Gasteiger partial charge on any atom is 0.296 e. The van der Waals surface area contributed by atoms with Crippen molar-refractivity contribution in [2.24, 2.45) is 10.2 Å². The molecule has 0 radical (unpaired) electrons. The number of hydrogen-bond acceptors (Lipinski definition) is 10. The van der Waals surface area contributed by atoms with Crippen molar-refractivity contribution in [3.63, 3.8) is 0 Å². The first-order valence-electron chi connectivity index (χ1n) is 9.81. The van der Waals surface area contributed by atoms with Gasteiger partial charge in [-0.1, -0.05) is 35.7 Å². The first kappa shape index (κ1) is 23.6. The van der Waals surface area contributed by atoms with Crippen LogP contribution in [0.5, 0.6) is 0 Å². The lowest BCUT2D eigenvalue weighted by atomic mass is 10.1. The molecule has 2 aliphatic heterocycles. The van der Waals surface area contributed by atoms with Crippen LogP contribution in [-0.2, 0) is 20.2 Å². The monoisotopic (exact) mass is 518 g/mol. The third-order valence-electron chi connectivity index (χ3n) is 5.20. The number of allylic oxidation sites excluding steroid dienone is 6. The van der Waals surface area contributed by atoms with Gasteiger partial charge in [0, 0.05) is 35.7 Å². The third-order valence-corrected chi connectivity index (χ3v) is 10.8. The second-order valence-electron chi connectivity index (χ2n) is 7.18. The first-order valence-corrected chi connectivity index (χ1v) is 14.6. The zero-order chi connectivity index (χ0) is 23.3. The van der Waals surface area contributed by atoms with Gasteiger partial charge in [-0.05, 0) is 26.0 Å². The molecule has 0 amide bonds. The molecule has 4 aliphatic rings. The van der Waals surface area contributed by atoms with E-state index >= 15 is 0 Å². The molecule has 2 atom stereocenters. The van der Waals surface area contributed by atoms with E-state index in [2.05, 4.69) is 10.2 Å².